The van der Waals surface area contributed by atoms with E-state index in [1.165, 1.54) is 12.5 Å². The molecule has 104 valence electrons. The summed E-state index contributed by atoms with van der Waals surface area (Å²) in [6, 6.07) is 3.31. The average molecular weight is 346 g/mol. The molecule has 2 rings (SSSR count). The summed E-state index contributed by atoms with van der Waals surface area (Å²) in [6.45, 7) is 2.32. The lowest BCUT2D eigenvalue weighted by atomic mass is 9.71. The van der Waals surface area contributed by atoms with Crippen LogP contribution in [0.3, 0.4) is 0 Å². The quantitative estimate of drug-likeness (QED) is 0.495. The van der Waals surface area contributed by atoms with Crippen LogP contribution in [0.25, 0.3) is 0 Å². The van der Waals surface area contributed by atoms with E-state index in [0.29, 0.717) is 16.8 Å². The highest BCUT2D eigenvalue weighted by molar-refractivity contribution is 9.10. The van der Waals surface area contributed by atoms with Crippen molar-refractivity contribution in [2.24, 2.45) is 5.41 Å². The topological polar surface area (TPSA) is 52.4 Å². The minimum atomic E-state index is -0.402. The molecule has 1 aliphatic rings. The second-order valence-electron chi connectivity index (χ2n) is 5.13. The monoisotopic (exact) mass is 345 g/mol. The third kappa shape index (κ3) is 3.05. The lowest BCUT2D eigenvalue weighted by molar-refractivity contribution is -0.386. The van der Waals surface area contributed by atoms with Crippen molar-refractivity contribution in [3.8, 4) is 5.75 Å². The SMILES string of the molecule is Cc1cc(Br)cc([N+](=O)[O-])c1OCC1(CS)CCC1. The molecule has 1 aromatic carbocycles. The van der Waals surface area contributed by atoms with Crippen LogP contribution in [0.2, 0.25) is 0 Å². The van der Waals surface area contributed by atoms with E-state index < -0.39 is 4.92 Å². The summed E-state index contributed by atoms with van der Waals surface area (Å²) in [6.07, 6.45) is 3.35. The van der Waals surface area contributed by atoms with E-state index >= 15 is 0 Å². The highest BCUT2D eigenvalue weighted by Gasteiger charge is 2.37. The molecule has 0 saturated heterocycles. The number of ether oxygens (including phenoxy) is 1. The Kier molecular flexibility index (Phi) is 4.40. The predicted molar refractivity (Wildman–Crippen MR) is 81.2 cm³/mol. The van der Waals surface area contributed by atoms with Crippen molar-refractivity contribution >= 4 is 34.2 Å². The first-order valence-corrected chi connectivity index (χ1v) is 7.58. The zero-order valence-corrected chi connectivity index (χ0v) is 13.2. The van der Waals surface area contributed by atoms with Crippen LogP contribution in [0, 0.1) is 22.5 Å². The number of nitrogens with zero attached hydrogens (tertiary/aromatic N) is 1. The number of thiol groups is 1. The Morgan fingerprint density at radius 2 is 2.21 bits per heavy atom. The zero-order valence-electron chi connectivity index (χ0n) is 10.7. The predicted octanol–water partition coefficient (Wildman–Crippen LogP) is 4.14. The Hall–Kier alpha value is -0.750. The second kappa shape index (κ2) is 5.71. The Bertz CT molecular complexity index is 497. The number of aryl methyl sites for hydroxylation is 1. The number of halogens is 1. The molecule has 1 fully saturated rings. The van der Waals surface area contributed by atoms with Gasteiger partial charge in [0.05, 0.1) is 11.5 Å². The van der Waals surface area contributed by atoms with Gasteiger partial charge < -0.3 is 4.74 Å². The molecule has 4 nitrogen and oxygen atoms in total. The number of benzene rings is 1. The van der Waals surface area contributed by atoms with Crippen molar-refractivity contribution in [1.82, 2.24) is 0 Å². The van der Waals surface area contributed by atoms with Gasteiger partial charge in [-0.2, -0.15) is 12.6 Å². The molecule has 19 heavy (non-hydrogen) atoms. The van der Waals surface area contributed by atoms with Crippen molar-refractivity contribution in [1.29, 1.82) is 0 Å². The van der Waals surface area contributed by atoms with E-state index in [9.17, 15) is 10.1 Å². The number of nitro benzene ring substituents is 1. The van der Waals surface area contributed by atoms with Crippen molar-refractivity contribution in [3.63, 3.8) is 0 Å². The summed E-state index contributed by atoms with van der Waals surface area (Å²) >= 11 is 7.64. The number of hydrogen-bond donors (Lipinski definition) is 1. The van der Waals surface area contributed by atoms with Gasteiger partial charge in [0.2, 0.25) is 0 Å². The Balaban J connectivity index is 2.22. The van der Waals surface area contributed by atoms with Gasteiger partial charge in [-0.15, -0.1) is 0 Å². The summed E-state index contributed by atoms with van der Waals surface area (Å²) < 4.78 is 6.46. The lowest BCUT2D eigenvalue weighted by Gasteiger charge is -2.40. The van der Waals surface area contributed by atoms with Crippen LogP contribution in [0.15, 0.2) is 16.6 Å². The summed E-state index contributed by atoms with van der Waals surface area (Å²) in [5.74, 6) is 1.14. The van der Waals surface area contributed by atoms with E-state index in [1.54, 1.807) is 0 Å². The Morgan fingerprint density at radius 3 is 2.68 bits per heavy atom. The van der Waals surface area contributed by atoms with Gasteiger partial charge in [-0.3, -0.25) is 10.1 Å². The summed E-state index contributed by atoms with van der Waals surface area (Å²) in [5, 5.41) is 11.1. The third-order valence-electron chi connectivity index (χ3n) is 3.69. The van der Waals surface area contributed by atoms with Gasteiger partial charge in [-0.1, -0.05) is 22.4 Å². The second-order valence-corrected chi connectivity index (χ2v) is 6.36. The van der Waals surface area contributed by atoms with Gasteiger partial charge in [-0.25, -0.2) is 0 Å². The first-order chi connectivity index (χ1) is 8.97. The van der Waals surface area contributed by atoms with E-state index in [-0.39, 0.29) is 11.1 Å². The van der Waals surface area contributed by atoms with Crippen LogP contribution in [0.1, 0.15) is 24.8 Å². The fraction of sp³-hybridized carbons (Fsp3) is 0.538. The standard InChI is InChI=1S/C13H16BrNO3S/c1-9-5-10(14)6-11(15(16)17)12(9)18-7-13(8-19)3-2-4-13/h5-6,19H,2-4,7-8H2,1H3. The number of rotatable bonds is 5. The van der Waals surface area contributed by atoms with Crippen molar-refractivity contribution < 1.29 is 9.66 Å². The molecule has 0 spiro atoms. The van der Waals surface area contributed by atoms with E-state index in [0.717, 1.165) is 24.2 Å². The summed E-state index contributed by atoms with van der Waals surface area (Å²) in [5.41, 5.74) is 0.881. The van der Waals surface area contributed by atoms with Crippen LogP contribution >= 0.6 is 28.6 Å². The molecule has 0 N–H and O–H groups in total. The maximum absolute atomic E-state index is 11.1. The van der Waals surface area contributed by atoms with Crippen LogP contribution in [0.5, 0.6) is 5.75 Å². The van der Waals surface area contributed by atoms with Crippen molar-refractivity contribution in [3.05, 3.63) is 32.3 Å². The first kappa shape index (κ1) is 14.7. The average Bonchev–Trinajstić information content (AvgIpc) is 2.29. The molecule has 0 atom stereocenters. The Morgan fingerprint density at radius 1 is 1.53 bits per heavy atom. The smallest absolute Gasteiger partial charge is 0.312 e. The fourth-order valence-corrected chi connectivity index (χ4v) is 3.25. The van der Waals surface area contributed by atoms with Crippen LogP contribution in [-0.2, 0) is 0 Å². The number of hydrogen-bond acceptors (Lipinski definition) is 4. The van der Waals surface area contributed by atoms with Crippen molar-refractivity contribution in [2.45, 2.75) is 26.2 Å². The van der Waals surface area contributed by atoms with Gasteiger partial charge in [0.15, 0.2) is 5.75 Å². The maximum atomic E-state index is 11.1. The summed E-state index contributed by atoms with van der Waals surface area (Å²) in [7, 11) is 0. The minimum absolute atomic E-state index is 0.0144. The minimum Gasteiger partial charge on any atom is -0.486 e. The van der Waals surface area contributed by atoms with E-state index in [1.807, 2.05) is 13.0 Å². The maximum Gasteiger partial charge on any atom is 0.312 e. The molecule has 1 aliphatic carbocycles. The van der Waals surface area contributed by atoms with Crippen molar-refractivity contribution in [2.75, 3.05) is 12.4 Å². The molecule has 0 aliphatic heterocycles. The lowest BCUT2D eigenvalue weighted by Crippen LogP contribution is -2.37. The van der Waals surface area contributed by atoms with Crippen LogP contribution < -0.4 is 4.74 Å². The highest BCUT2D eigenvalue weighted by atomic mass is 79.9. The van der Waals surface area contributed by atoms with Gasteiger partial charge in [0, 0.05) is 16.0 Å². The molecular formula is C13H16BrNO3S. The fourth-order valence-electron chi connectivity index (χ4n) is 2.29. The Labute approximate surface area is 126 Å². The molecular weight excluding hydrogens is 330 g/mol. The van der Waals surface area contributed by atoms with E-state index in [2.05, 4.69) is 28.6 Å². The third-order valence-corrected chi connectivity index (χ3v) is 4.82. The van der Waals surface area contributed by atoms with Gasteiger partial charge >= 0.3 is 5.69 Å². The molecule has 0 unspecified atom stereocenters. The highest BCUT2D eigenvalue weighted by Crippen LogP contribution is 2.43. The van der Waals surface area contributed by atoms with Crippen LogP contribution in [-0.4, -0.2) is 17.3 Å². The molecule has 0 bridgehead atoms. The zero-order chi connectivity index (χ0) is 14.0. The largest absolute Gasteiger partial charge is 0.486 e. The molecule has 0 aromatic heterocycles. The first-order valence-electron chi connectivity index (χ1n) is 6.16. The molecule has 0 amide bonds. The van der Waals surface area contributed by atoms with Gasteiger partial charge in [0.25, 0.3) is 0 Å². The molecule has 1 aromatic rings. The molecule has 0 heterocycles. The molecule has 1 saturated carbocycles. The normalized spacial score (nSPS) is 16.8. The van der Waals surface area contributed by atoms with Gasteiger partial charge in [0.1, 0.15) is 0 Å². The summed E-state index contributed by atoms with van der Waals surface area (Å²) in [4.78, 5) is 10.7. The number of nitro groups is 1. The van der Waals surface area contributed by atoms with Crippen LogP contribution in [0.4, 0.5) is 5.69 Å². The molecule has 6 heteroatoms. The van der Waals surface area contributed by atoms with E-state index in [4.69, 9.17) is 4.74 Å². The molecule has 0 radical (unpaired) electrons. The van der Waals surface area contributed by atoms with Gasteiger partial charge in [-0.05, 0) is 37.1 Å².